The van der Waals surface area contributed by atoms with Gasteiger partial charge in [0, 0.05) is 25.0 Å². The van der Waals surface area contributed by atoms with Crippen LogP contribution in [0, 0.1) is 0 Å². The van der Waals surface area contributed by atoms with Gasteiger partial charge in [0.15, 0.2) is 0 Å². The van der Waals surface area contributed by atoms with E-state index in [4.69, 9.17) is 0 Å². The fraction of sp³-hybridized carbons (Fsp3) is 0.769. The summed E-state index contributed by atoms with van der Waals surface area (Å²) in [4.78, 5) is 0. The molecule has 1 N–H and O–H groups in total. The van der Waals surface area contributed by atoms with Gasteiger partial charge >= 0.3 is 0 Å². The predicted molar refractivity (Wildman–Crippen MR) is 66.3 cm³/mol. The summed E-state index contributed by atoms with van der Waals surface area (Å²) in [5, 5.41) is 7.89. The van der Waals surface area contributed by atoms with E-state index >= 15 is 0 Å². The zero-order chi connectivity index (χ0) is 11.1. The van der Waals surface area contributed by atoms with E-state index < -0.39 is 0 Å². The highest BCUT2D eigenvalue weighted by Crippen LogP contribution is 2.16. The normalized spacial score (nSPS) is 18.5. The molecule has 0 radical (unpaired) electrons. The van der Waals surface area contributed by atoms with Gasteiger partial charge in [-0.25, -0.2) is 0 Å². The molecule has 90 valence electrons. The van der Waals surface area contributed by atoms with Gasteiger partial charge in [-0.3, -0.25) is 4.68 Å². The van der Waals surface area contributed by atoms with Crippen molar-refractivity contribution in [2.24, 2.45) is 0 Å². The molecule has 0 atom stereocenters. The number of hydrogen-bond acceptors (Lipinski definition) is 2. The minimum Gasteiger partial charge on any atom is -0.314 e. The van der Waals surface area contributed by atoms with Crippen LogP contribution in [-0.4, -0.2) is 22.4 Å². The summed E-state index contributed by atoms with van der Waals surface area (Å²) < 4.78 is 2.01. The molecule has 1 aromatic heterocycles. The average molecular weight is 221 g/mol. The summed E-state index contributed by atoms with van der Waals surface area (Å²) in [5.41, 5.74) is 0. The standard InChI is InChI=1S/C13H23N3/c1-2-4-8-13(7-3-1)14-9-5-11-16-12-6-10-15-16/h6,10,12-14H,1-5,7-9,11H2. The zero-order valence-corrected chi connectivity index (χ0v) is 10.1. The number of nitrogens with one attached hydrogen (secondary N) is 1. The lowest BCUT2D eigenvalue weighted by molar-refractivity contribution is 0.440. The van der Waals surface area contributed by atoms with E-state index in [1.54, 1.807) is 0 Å². The van der Waals surface area contributed by atoms with Crippen LogP contribution in [0.15, 0.2) is 18.5 Å². The summed E-state index contributed by atoms with van der Waals surface area (Å²) >= 11 is 0. The molecule has 3 nitrogen and oxygen atoms in total. The van der Waals surface area contributed by atoms with Crippen LogP contribution in [0.5, 0.6) is 0 Å². The van der Waals surface area contributed by atoms with Gasteiger partial charge in [0.1, 0.15) is 0 Å². The predicted octanol–water partition coefficient (Wildman–Crippen LogP) is 2.59. The van der Waals surface area contributed by atoms with Crippen molar-refractivity contribution in [3.63, 3.8) is 0 Å². The lowest BCUT2D eigenvalue weighted by atomic mass is 10.1. The summed E-state index contributed by atoms with van der Waals surface area (Å²) in [6, 6.07) is 2.76. The number of aryl methyl sites for hydroxylation is 1. The fourth-order valence-electron chi connectivity index (χ4n) is 2.46. The molecule has 0 bridgehead atoms. The molecule has 3 heteroatoms. The van der Waals surface area contributed by atoms with Crippen molar-refractivity contribution < 1.29 is 0 Å². The Balaban J connectivity index is 1.56. The van der Waals surface area contributed by atoms with E-state index in [-0.39, 0.29) is 0 Å². The molecule has 2 rings (SSSR count). The first-order valence-corrected chi connectivity index (χ1v) is 6.66. The van der Waals surface area contributed by atoms with Crippen molar-refractivity contribution in [3.8, 4) is 0 Å². The van der Waals surface area contributed by atoms with Crippen LogP contribution < -0.4 is 5.32 Å². The monoisotopic (exact) mass is 221 g/mol. The average Bonchev–Trinajstić information content (AvgIpc) is 2.68. The smallest absolute Gasteiger partial charge is 0.0489 e. The minimum atomic E-state index is 0.778. The maximum absolute atomic E-state index is 4.20. The molecule has 0 unspecified atom stereocenters. The van der Waals surface area contributed by atoms with Gasteiger partial charge in [-0.2, -0.15) is 5.10 Å². The second-order valence-corrected chi connectivity index (χ2v) is 4.77. The second kappa shape index (κ2) is 6.69. The topological polar surface area (TPSA) is 29.9 Å². The Bertz CT molecular complexity index is 261. The van der Waals surface area contributed by atoms with Crippen LogP contribution in [0.3, 0.4) is 0 Å². The number of rotatable bonds is 5. The fourth-order valence-corrected chi connectivity index (χ4v) is 2.46. The van der Waals surface area contributed by atoms with Gasteiger partial charge < -0.3 is 5.32 Å². The third kappa shape index (κ3) is 3.97. The largest absolute Gasteiger partial charge is 0.314 e. The Labute approximate surface area is 98.2 Å². The molecular weight excluding hydrogens is 198 g/mol. The van der Waals surface area contributed by atoms with Crippen LogP contribution in [0.1, 0.15) is 44.9 Å². The number of aromatic nitrogens is 2. The van der Waals surface area contributed by atoms with Crippen LogP contribution in [0.25, 0.3) is 0 Å². The third-order valence-corrected chi connectivity index (χ3v) is 3.41. The molecule has 0 aliphatic heterocycles. The molecule has 1 aliphatic carbocycles. The molecule has 1 aromatic rings. The van der Waals surface area contributed by atoms with E-state index in [9.17, 15) is 0 Å². The van der Waals surface area contributed by atoms with Gasteiger partial charge in [-0.15, -0.1) is 0 Å². The molecule has 0 saturated heterocycles. The van der Waals surface area contributed by atoms with Crippen molar-refractivity contribution in [2.45, 2.75) is 57.5 Å². The van der Waals surface area contributed by atoms with Crippen molar-refractivity contribution in [1.29, 1.82) is 0 Å². The Kier molecular flexibility index (Phi) is 4.87. The van der Waals surface area contributed by atoms with E-state index in [0.717, 1.165) is 19.1 Å². The number of hydrogen-bond donors (Lipinski definition) is 1. The first-order valence-electron chi connectivity index (χ1n) is 6.66. The SMILES string of the molecule is c1cnn(CCCNC2CCCCCC2)c1. The van der Waals surface area contributed by atoms with Gasteiger partial charge in [0.05, 0.1) is 0 Å². The summed E-state index contributed by atoms with van der Waals surface area (Å²) in [5.74, 6) is 0. The summed E-state index contributed by atoms with van der Waals surface area (Å²) in [6.45, 7) is 2.16. The summed E-state index contributed by atoms with van der Waals surface area (Å²) in [6.07, 6.45) is 13.5. The van der Waals surface area contributed by atoms with Crippen molar-refractivity contribution in [3.05, 3.63) is 18.5 Å². The van der Waals surface area contributed by atoms with E-state index in [1.165, 1.54) is 44.9 Å². The third-order valence-electron chi connectivity index (χ3n) is 3.41. The Hall–Kier alpha value is -0.830. The highest BCUT2D eigenvalue weighted by molar-refractivity contribution is 4.77. The molecule has 0 spiro atoms. The van der Waals surface area contributed by atoms with E-state index in [0.29, 0.717) is 0 Å². The minimum absolute atomic E-state index is 0.778. The van der Waals surface area contributed by atoms with Gasteiger partial charge in [0.25, 0.3) is 0 Å². The molecule has 0 aromatic carbocycles. The quantitative estimate of drug-likeness (QED) is 0.612. The molecule has 1 heterocycles. The second-order valence-electron chi connectivity index (χ2n) is 4.77. The van der Waals surface area contributed by atoms with Crippen molar-refractivity contribution >= 4 is 0 Å². The van der Waals surface area contributed by atoms with Gasteiger partial charge in [-0.05, 0) is 31.9 Å². The van der Waals surface area contributed by atoms with Crippen molar-refractivity contribution in [2.75, 3.05) is 6.54 Å². The van der Waals surface area contributed by atoms with Crippen molar-refractivity contribution in [1.82, 2.24) is 15.1 Å². The van der Waals surface area contributed by atoms with Crippen LogP contribution in [0.2, 0.25) is 0 Å². The number of nitrogens with zero attached hydrogens (tertiary/aromatic N) is 2. The zero-order valence-electron chi connectivity index (χ0n) is 10.1. The maximum Gasteiger partial charge on any atom is 0.0489 e. The first kappa shape index (κ1) is 11.6. The first-order chi connectivity index (χ1) is 7.95. The molecule has 16 heavy (non-hydrogen) atoms. The summed E-state index contributed by atoms with van der Waals surface area (Å²) in [7, 11) is 0. The van der Waals surface area contributed by atoms with Crippen LogP contribution >= 0.6 is 0 Å². The molecule has 1 saturated carbocycles. The molecule has 1 fully saturated rings. The molecule has 1 aliphatic rings. The van der Waals surface area contributed by atoms with Crippen LogP contribution in [-0.2, 0) is 6.54 Å². The van der Waals surface area contributed by atoms with Gasteiger partial charge in [-0.1, -0.05) is 25.7 Å². The lowest BCUT2D eigenvalue weighted by Crippen LogP contribution is -2.29. The molecular formula is C13H23N3. The Morgan fingerprint density at radius 2 is 2.00 bits per heavy atom. The Morgan fingerprint density at radius 1 is 1.19 bits per heavy atom. The highest BCUT2D eigenvalue weighted by atomic mass is 15.3. The maximum atomic E-state index is 4.20. The van der Waals surface area contributed by atoms with Gasteiger partial charge in [0.2, 0.25) is 0 Å². The van der Waals surface area contributed by atoms with E-state index in [1.807, 2.05) is 23.1 Å². The Morgan fingerprint density at radius 3 is 2.69 bits per heavy atom. The molecule has 0 amide bonds. The lowest BCUT2D eigenvalue weighted by Gasteiger charge is -2.15. The van der Waals surface area contributed by atoms with E-state index in [2.05, 4.69) is 10.4 Å². The highest BCUT2D eigenvalue weighted by Gasteiger charge is 2.10. The van der Waals surface area contributed by atoms with Crippen LogP contribution in [0.4, 0.5) is 0 Å².